The first-order valence-corrected chi connectivity index (χ1v) is 8.87. The van der Waals surface area contributed by atoms with Crippen molar-refractivity contribution in [2.45, 2.75) is 6.42 Å². The van der Waals surface area contributed by atoms with Crippen LogP contribution in [0.3, 0.4) is 0 Å². The summed E-state index contributed by atoms with van der Waals surface area (Å²) in [7, 11) is 0. The van der Waals surface area contributed by atoms with Gasteiger partial charge in [-0.2, -0.15) is 0 Å². The normalized spacial score (nSPS) is 16.2. The zero-order valence-electron chi connectivity index (χ0n) is 14.7. The number of rotatable bonds is 2. The highest BCUT2D eigenvalue weighted by atomic mass is 19.1. The highest BCUT2D eigenvalue weighted by molar-refractivity contribution is 5.98. The number of para-hydroxylation sites is 1. The smallest absolute Gasteiger partial charge is 0.257 e. The second kappa shape index (κ2) is 7.26. The fourth-order valence-electron chi connectivity index (χ4n) is 3.40. The number of ether oxygens (including phenoxy) is 2. The first-order chi connectivity index (χ1) is 13.1. The maximum Gasteiger partial charge on any atom is 0.257 e. The molecule has 7 heteroatoms. The van der Waals surface area contributed by atoms with Crippen LogP contribution in [0.2, 0.25) is 0 Å². The summed E-state index contributed by atoms with van der Waals surface area (Å²) in [6.45, 7) is 1.83. The maximum absolute atomic E-state index is 13.9. The number of carbonyl (C=O) groups is 2. The molecule has 4 rings (SSSR count). The second-order valence-corrected chi connectivity index (χ2v) is 6.46. The molecule has 2 aliphatic rings. The number of hydrogen-bond donors (Lipinski definition) is 0. The van der Waals surface area contributed by atoms with Gasteiger partial charge in [0.1, 0.15) is 5.82 Å². The number of carbonyl (C=O) groups excluding carboxylic acids is 2. The number of halogens is 1. The van der Waals surface area contributed by atoms with E-state index in [1.54, 1.807) is 40.1 Å². The molecule has 2 heterocycles. The average molecular weight is 370 g/mol. The van der Waals surface area contributed by atoms with Crippen LogP contribution in [0.25, 0.3) is 0 Å². The predicted octanol–water partition coefficient (Wildman–Crippen LogP) is 2.54. The van der Waals surface area contributed by atoms with Gasteiger partial charge in [-0.05, 0) is 30.7 Å². The molecule has 2 aromatic carbocycles. The van der Waals surface area contributed by atoms with Crippen molar-refractivity contribution in [3.05, 3.63) is 59.4 Å². The van der Waals surface area contributed by atoms with Crippen LogP contribution in [-0.2, 0) is 0 Å². The Morgan fingerprint density at radius 3 is 2.22 bits per heavy atom. The summed E-state index contributed by atoms with van der Waals surface area (Å²) in [5, 5.41) is 0. The number of benzene rings is 2. The van der Waals surface area contributed by atoms with E-state index in [4.69, 9.17) is 9.47 Å². The Morgan fingerprint density at radius 1 is 0.815 bits per heavy atom. The minimum atomic E-state index is -0.531. The highest BCUT2D eigenvalue weighted by Gasteiger charge is 2.28. The van der Waals surface area contributed by atoms with E-state index in [-0.39, 0.29) is 24.2 Å². The van der Waals surface area contributed by atoms with Gasteiger partial charge in [0, 0.05) is 26.2 Å². The molecule has 2 aliphatic heterocycles. The monoisotopic (exact) mass is 370 g/mol. The summed E-state index contributed by atoms with van der Waals surface area (Å²) >= 11 is 0. The fourth-order valence-corrected chi connectivity index (χ4v) is 3.40. The molecule has 0 aliphatic carbocycles. The van der Waals surface area contributed by atoms with Crippen LogP contribution in [0.5, 0.6) is 11.5 Å². The quantitative estimate of drug-likeness (QED) is 0.815. The van der Waals surface area contributed by atoms with E-state index in [9.17, 15) is 14.0 Å². The lowest BCUT2D eigenvalue weighted by Crippen LogP contribution is -2.37. The van der Waals surface area contributed by atoms with Crippen LogP contribution in [-0.4, -0.2) is 54.6 Å². The van der Waals surface area contributed by atoms with Crippen molar-refractivity contribution < 1.29 is 23.5 Å². The molecule has 0 N–H and O–H groups in total. The molecule has 140 valence electrons. The van der Waals surface area contributed by atoms with Gasteiger partial charge in [0.25, 0.3) is 11.8 Å². The second-order valence-electron chi connectivity index (χ2n) is 6.46. The molecule has 0 spiro atoms. The molecule has 0 saturated carbocycles. The van der Waals surface area contributed by atoms with Crippen molar-refractivity contribution in [3.8, 4) is 11.5 Å². The lowest BCUT2D eigenvalue weighted by molar-refractivity contribution is 0.0713. The van der Waals surface area contributed by atoms with E-state index in [0.29, 0.717) is 49.7 Å². The van der Waals surface area contributed by atoms with Crippen LogP contribution in [0.1, 0.15) is 27.1 Å². The van der Waals surface area contributed by atoms with E-state index < -0.39 is 5.82 Å². The Balaban J connectivity index is 1.48. The third kappa shape index (κ3) is 3.32. The van der Waals surface area contributed by atoms with Crippen LogP contribution >= 0.6 is 0 Å². The lowest BCUT2D eigenvalue weighted by atomic mass is 10.1. The van der Waals surface area contributed by atoms with Gasteiger partial charge in [0.2, 0.25) is 6.79 Å². The number of nitrogens with zero attached hydrogens (tertiary/aromatic N) is 2. The highest BCUT2D eigenvalue weighted by Crippen LogP contribution is 2.36. The average Bonchev–Trinajstić information content (AvgIpc) is 3.03. The molecule has 0 bridgehead atoms. The van der Waals surface area contributed by atoms with Gasteiger partial charge < -0.3 is 19.3 Å². The Kier molecular flexibility index (Phi) is 4.66. The molecule has 1 saturated heterocycles. The van der Waals surface area contributed by atoms with Gasteiger partial charge in [-0.1, -0.05) is 18.2 Å². The van der Waals surface area contributed by atoms with Crippen molar-refractivity contribution in [2.75, 3.05) is 33.0 Å². The minimum Gasteiger partial charge on any atom is -0.454 e. The van der Waals surface area contributed by atoms with Crippen molar-refractivity contribution >= 4 is 11.8 Å². The molecular formula is C20H19FN2O4. The molecule has 0 aromatic heterocycles. The Morgan fingerprint density at radius 2 is 1.48 bits per heavy atom. The first-order valence-electron chi connectivity index (χ1n) is 8.87. The van der Waals surface area contributed by atoms with Gasteiger partial charge in [0.15, 0.2) is 11.5 Å². The summed E-state index contributed by atoms with van der Waals surface area (Å²) in [4.78, 5) is 28.9. The molecule has 2 aromatic rings. The summed E-state index contributed by atoms with van der Waals surface area (Å²) < 4.78 is 24.7. The molecular weight excluding hydrogens is 351 g/mol. The summed E-state index contributed by atoms with van der Waals surface area (Å²) in [5.41, 5.74) is 0.516. The fraction of sp³-hybridized carbons (Fsp3) is 0.300. The minimum absolute atomic E-state index is 0.0590. The zero-order valence-corrected chi connectivity index (χ0v) is 14.7. The SMILES string of the molecule is O=C(c1ccccc1F)N1CCCN(C(=O)c2cccc3c2OCO3)CC1. The Labute approximate surface area is 156 Å². The first kappa shape index (κ1) is 17.3. The van der Waals surface area contributed by atoms with Crippen molar-refractivity contribution in [3.63, 3.8) is 0 Å². The molecule has 6 nitrogen and oxygen atoms in total. The Bertz CT molecular complexity index is 886. The van der Waals surface area contributed by atoms with E-state index in [0.717, 1.165) is 0 Å². The largest absolute Gasteiger partial charge is 0.454 e. The van der Waals surface area contributed by atoms with E-state index in [2.05, 4.69) is 0 Å². The van der Waals surface area contributed by atoms with E-state index in [1.807, 2.05) is 0 Å². The molecule has 27 heavy (non-hydrogen) atoms. The molecule has 0 radical (unpaired) electrons. The predicted molar refractivity (Wildman–Crippen MR) is 95.4 cm³/mol. The van der Waals surface area contributed by atoms with E-state index >= 15 is 0 Å². The Hall–Kier alpha value is -3.09. The summed E-state index contributed by atoms with van der Waals surface area (Å²) in [5.74, 6) is -0.00739. The van der Waals surface area contributed by atoms with Gasteiger partial charge in [-0.25, -0.2) is 4.39 Å². The van der Waals surface area contributed by atoms with Crippen LogP contribution in [0.15, 0.2) is 42.5 Å². The standard InChI is InChI=1S/C20H19FN2O4/c21-16-7-2-1-5-14(16)19(24)22-9-4-10-23(12-11-22)20(25)15-6-3-8-17-18(15)27-13-26-17/h1-3,5-8H,4,9-13H2. The third-order valence-electron chi connectivity index (χ3n) is 4.80. The van der Waals surface area contributed by atoms with Gasteiger partial charge in [-0.3, -0.25) is 9.59 Å². The zero-order chi connectivity index (χ0) is 18.8. The van der Waals surface area contributed by atoms with Crippen molar-refractivity contribution in [1.82, 2.24) is 9.80 Å². The van der Waals surface area contributed by atoms with Gasteiger partial charge >= 0.3 is 0 Å². The van der Waals surface area contributed by atoms with Gasteiger partial charge in [-0.15, -0.1) is 0 Å². The maximum atomic E-state index is 13.9. The van der Waals surface area contributed by atoms with Crippen molar-refractivity contribution in [2.24, 2.45) is 0 Å². The molecule has 1 fully saturated rings. The van der Waals surface area contributed by atoms with Crippen molar-refractivity contribution in [1.29, 1.82) is 0 Å². The summed E-state index contributed by atoms with van der Waals surface area (Å²) in [6, 6.07) is 11.2. The van der Waals surface area contributed by atoms with Crippen LogP contribution in [0.4, 0.5) is 4.39 Å². The van der Waals surface area contributed by atoms with Gasteiger partial charge in [0.05, 0.1) is 11.1 Å². The lowest BCUT2D eigenvalue weighted by Gasteiger charge is -2.22. The topological polar surface area (TPSA) is 59.1 Å². The summed E-state index contributed by atoms with van der Waals surface area (Å²) in [6.07, 6.45) is 0.623. The number of fused-ring (bicyclic) bond motifs is 1. The number of amides is 2. The number of hydrogen-bond acceptors (Lipinski definition) is 4. The third-order valence-corrected chi connectivity index (χ3v) is 4.80. The van der Waals surface area contributed by atoms with Crippen LogP contribution < -0.4 is 9.47 Å². The molecule has 2 amide bonds. The molecule has 0 unspecified atom stereocenters. The van der Waals surface area contributed by atoms with Crippen LogP contribution in [0, 0.1) is 5.82 Å². The van der Waals surface area contributed by atoms with E-state index in [1.165, 1.54) is 12.1 Å². The molecule has 0 atom stereocenters.